The van der Waals surface area contributed by atoms with Gasteiger partial charge < -0.3 is 19.0 Å². The molecule has 1 amide bonds. The average molecular weight is 372 g/mol. The maximum atomic E-state index is 12.4. The van der Waals surface area contributed by atoms with Gasteiger partial charge in [0.2, 0.25) is 5.91 Å². The average Bonchev–Trinajstić information content (AvgIpc) is 3.30. The monoisotopic (exact) mass is 372 g/mol. The number of amides is 1. The minimum absolute atomic E-state index is 0.0617. The Morgan fingerprint density at radius 1 is 1.31 bits per heavy atom. The Morgan fingerprint density at radius 2 is 2.08 bits per heavy atom. The SMILES string of the molecule is COc1ccc(CNC(=O)[C@H](C)Sc2nnc(-c3ccco3)n2C)cc1. The molecule has 0 saturated heterocycles. The van der Waals surface area contributed by atoms with Crippen molar-refractivity contribution in [3.8, 4) is 17.3 Å². The number of ether oxygens (including phenoxy) is 1. The Balaban J connectivity index is 1.57. The second kappa shape index (κ2) is 8.09. The number of aromatic nitrogens is 3. The molecule has 8 heteroatoms. The quantitative estimate of drug-likeness (QED) is 0.642. The van der Waals surface area contributed by atoms with Crippen LogP contribution in [-0.4, -0.2) is 33.0 Å². The van der Waals surface area contributed by atoms with Gasteiger partial charge in [0.25, 0.3) is 0 Å². The van der Waals surface area contributed by atoms with Gasteiger partial charge in [0.05, 0.1) is 18.6 Å². The molecule has 1 atom stereocenters. The molecule has 136 valence electrons. The summed E-state index contributed by atoms with van der Waals surface area (Å²) in [6.45, 7) is 2.31. The molecule has 0 bridgehead atoms. The Labute approximate surface area is 155 Å². The van der Waals surface area contributed by atoms with Crippen molar-refractivity contribution in [3.05, 3.63) is 48.2 Å². The van der Waals surface area contributed by atoms with Crippen LogP contribution in [0.15, 0.2) is 52.2 Å². The summed E-state index contributed by atoms with van der Waals surface area (Å²) in [5.41, 5.74) is 1.01. The van der Waals surface area contributed by atoms with Crippen LogP contribution in [0.25, 0.3) is 11.6 Å². The molecule has 1 aromatic carbocycles. The van der Waals surface area contributed by atoms with E-state index in [0.29, 0.717) is 23.3 Å². The molecule has 1 N–H and O–H groups in total. The number of methoxy groups -OCH3 is 1. The second-order valence-electron chi connectivity index (χ2n) is 5.67. The van der Waals surface area contributed by atoms with Crippen molar-refractivity contribution < 1.29 is 13.9 Å². The Hall–Kier alpha value is -2.74. The zero-order valence-corrected chi connectivity index (χ0v) is 15.6. The number of nitrogens with one attached hydrogen (secondary N) is 1. The number of thioether (sulfide) groups is 1. The van der Waals surface area contributed by atoms with Crippen molar-refractivity contribution in [1.82, 2.24) is 20.1 Å². The highest BCUT2D eigenvalue weighted by molar-refractivity contribution is 8.00. The summed E-state index contributed by atoms with van der Waals surface area (Å²) in [5, 5.41) is 11.6. The van der Waals surface area contributed by atoms with Gasteiger partial charge >= 0.3 is 0 Å². The normalized spacial score (nSPS) is 12.0. The minimum Gasteiger partial charge on any atom is -0.497 e. The molecule has 0 radical (unpaired) electrons. The third-order valence-corrected chi connectivity index (χ3v) is 4.99. The van der Waals surface area contributed by atoms with Crippen LogP contribution < -0.4 is 10.1 Å². The van der Waals surface area contributed by atoms with E-state index in [4.69, 9.17) is 9.15 Å². The Kier molecular flexibility index (Phi) is 5.62. The molecule has 26 heavy (non-hydrogen) atoms. The minimum atomic E-state index is -0.305. The van der Waals surface area contributed by atoms with E-state index in [1.54, 1.807) is 19.4 Å². The summed E-state index contributed by atoms with van der Waals surface area (Å²) in [5.74, 6) is 2.00. The summed E-state index contributed by atoms with van der Waals surface area (Å²) in [4.78, 5) is 12.4. The fraction of sp³-hybridized carbons (Fsp3) is 0.278. The molecule has 0 spiro atoms. The van der Waals surface area contributed by atoms with E-state index in [9.17, 15) is 4.79 Å². The Bertz CT molecular complexity index is 859. The molecule has 0 aliphatic carbocycles. The van der Waals surface area contributed by atoms with Crippen molar-refractivity contribution in [2.45, 2.75) is 23.9 Å². The third-order valence-electron chi connectivity index (χ3n) is 3.85. The summed E-state index contributed by atoms with van der Waals surface area (Å²) < 4.78 is 12.3. The first-order chi connectivity index (χ1) is 12.6. The van der Waals surface area contributed by atoms with Crippen LogP contribution in [0.4, 0.5) is 0 Å². The van der Waals surface area contributed by atoms with Crippen LogP contribution in [0.3, 0.4) is 0 Å². The molecule has 3 aromatic rings. The van der Waals surface area contributed by atoms with Crippen LogP contribution in [-0.2, 0) is 18.4 Å². The molecule has 0 unspecified atom stereocenters. The molecular formula is C18H20N4O3S. The molecular weight excluding hydrogens is 352 g/mol. The number of hydrogen-bond donors (Lipinski definition) is 1. The van der Waals surface area contributed by atoms with Gasteiger partial charge in [-0.05, 0) is 36.8 Å². The predicted octanol–water partition coefficient (Wildman–Crippen LogP) is 2.88. The number of benzene rings is 1. The molecule has 2 heterocycles. The number of carbonyl (C=O) groups is 1. The van der Waals surface area contributed by atoms with Gasteiger partial charge in [0.1, 0.15) is 5.75 Å². The van der Waals surface area contributed by atoms with E-state index in [1.165, 1.54) is 11.8 Å². The van der Waals surface area contributed by atoms with E-state index in [0.717, 1.165) is 11.3 Å². The van der Waals surface area contributed by atoms with E-state index >= 15 is 0 Å². The standard InChI is InChI=1S/C18H20N4O3S/c1-12(17(23)19-11-13-6-8-14(24-3)9-7-13)26-18-21-20-16(22(18)2)15-5-4-10-25-15/h4-10,12H,11H2,1-3H3,(H,19,23)/t12-/m0/s1. The molecule has 0 saturated carbocycles. The summed E-state index contributed by atoms with van der Waals surface area (Å²) in [7, 11) is 3.47. The highest BCUT2D eigenvalue weighted by Crippen LogP contribution is 2.25. The lowest BCUT2D eigenvalue weighted by molar-refractivity contribution is -0.120. The van der Waals surface area contributed by atoms with Crippen molar-refractivity contribution in [2.75, 3.05) is 7.11 Å². The van der Waals surface area contributed by atoms with Gasteiger partial charge in [-0.1, -0.05) is 23.9 Å². The number of nitrogens with zero attached hydrogens (tertiary/aromatic N) is 3. The number of rotatable bonds is 7. The van der Waals surface area contributed by atoms with Crippen molar-refractivity contribution >= 4 is 17.7 Å². The van der Waals surface area contributed by atoms with E-state index in [-0.39, 0.29) is 11.2 Å². The smallest absolute Gasteiger partial charge is 0.233 e. The molecule has 0 aliphatic rings. The van der Waals surface area contributed by atoms with Gasteiger partial charge in [0, 0.05) is 13.6 Å². The molecule has 0 fully saturated rings. The van der Waals surface area contributed by atoms with E-state index in [1.807, 2.05) is 48.9 Å². The Morgan fingerprint density at radius 3 is 2.73 bits per heavy atom. The lowest BCUT2D eigenvalue weighted by atomic mass is 10.2. The lowest BCUT2D eigenvalue weighted by Gasteiger charge is -2.12. The van der Waals surface area contributed by atoms with Crippen LogP contribution in [0.2, 0.25) is 0 Å². The van der Waals surface area contributed by atoms with Gasteiger partial charge in [0.15, 0.2) is 16.7 Å². The number of hydrogen-bond acceptors (Lipinski definition) is 6. The van der Waals surface area contributed by atoms with Gasteiger partial charge in [-0.25, -0.2) is 0 Å². The summed E-state index contributed by atoms with van der Waals surface area (Å²) >= 11 is 1.35. The second-order valence-corrected chi connectivity index (χ2v) is 6.98. The highest BCUT2D eigenvalue weighted by Gasteiger charge is 2.20. The van der Waals surface area contributed by atoms with E-state index in [2.05, 4.69) is 15.5 Å². The van der Waals surface area contributed by atoms with Crippen molar-refractivity contribution in [1.29, 1.82) is 0 Å². The number of carbonyl (C=O) groups excluding carboxylic acids is 1. The number of furan rings is 1. The fourth-order valence-electron chi connectivity index (χ4n) is 2.33. The maximum Gasteiger partial charge on any atom is 0.233 e. The van der Waals surface area contributed by atoms with Crippen LogP contribution >= 0.6 is 11.8 Å². The van der Waals surface area contributed by atoms with Crippen LogP contribution in [0.1, 0.15) is 12.5 Å². The molecule has 0 aliphatic heterocycles. The molecule has 7 nitrogen and oxygen atoms in total. The first kappa shape index (κ1) is 18.1. The zero-order valence-electron chi connectivity index (χ0n) is 14.8. The van der Waals surface area contributed by atoms with Gasteiger partial charge in [-0.2, -0.15) is 0 Å². The topological polar surface area (TPSA) is 82.2 Å². The van der Waals surface area contributed by atoms with E-state index < -0.39 is 0 Å². The first-order valence-electron chi connectivity index (χ1n) is 8.09. The first-order valence-corrected chi connectivity index (χ1v) is 8.97. The van der Waals surface area contributed by atoms with Crippen molar-refractivity contribution in [3.63, 3.8) is 0 Å². The fourth-order valence-corrected chi connectivity index (χ4v) is 3.16. The van der Waals surface area contributed by atoms with Gasteiger partial charge in [-0.3, -0.25) is 4.79 Å². The predicted molar refractivity (Wildman–Crippen MR) is 98.9 cm³/mol. The maximum absolute atomic E-state index is 12.4. The highest BCUT2D eigenvalue weighted by atomic mass is 32.2. The largest absolute Gasteiger partial charge is 0.497 e. The zero-order chi connectivity index (χ0) is 18.5. The third kappa shape index (κ3) is 4.08. The van der Waals surface area contributed by atoms with Crippen LogP contribution in [0, 0.1) is 0 Å². The van der Waals surface area contributed by atoms with Crippen molar-refractivity contribution in [2.24, 2.45) is 7.05 Å². The molecule has 2 aromatic heterocycles. The van der Waals surface area contributed by atoms with Crippen LogP contribution in [0.5, 0.6) is 5.75 Å². The summed E-state index contributed by atoms with van der Waals surface area (Å²) in [6, 6.07) is 11.2. The van der Waals surface area contributed by atoms with Gasteiger partial charge in [-0.15, -0.1) is 10.2 Å². The summed E-state index contributed by atoms with van der Waals surface area (Å²) in [6.07, 6.45) is 1.59. The molecule has 3 rings (SSSR count). The lowest BCUT2D eigenvalue weighted by Crippen LogP contribution is -2.30.